The van der Waals surface area contributed by atoms with Crippen molar-refractivity contribution in [2.24, 2.45) is 4.99 Å². The average molecular weight is 368 g/mol. The monoisotopic (exact) mass is 367 g/mol. The van der Waals surface area contributed by atoms with Crippen molar-refractivity contribution in [3.05, 3.63) is 23.8 Å². The summed E-state index contributed by atoms with van der Waals surface area (Å²) in [5, 5.41) is 6.73. The fraction of sp³-hybridized carbons (Fsp3) is 0.632. The summed E-state index contributed by atoms with van der Waals surface area (Å²) in [6, 6.07) is 6.14. The number of ether oxygens (including phenoxy) is 2. The molecule has 0 bridgehead atoms. The maximum atomic E-state index is 5.63. The molecule has 0 heterocycles. The molecule has 0 aliphatic heterocycles. The third-order valence-electron chi connectivity index (χ3n) is 3.75. The van der Waals surface area contributed by atoms with Crippen LogP contribution in [-0.4, -0.2) is 51.8 Å². The molecule has 1 aromatic rings. The van der Waals surface area contributed by atoms with Crippen molar-refractivity contribution in [1.82, 2.24) is 10.6 Å². The van der Waals surface area contributed by atoms with Crippen LogP contribution in [0.15, 0.2) is 23.2 Å². The van der Waals surface area contributed by atoms with E-state index in [1.165, 1.54) is 24.2 Å². The average Bonchev–Trinajstić information content (AvgIpc) is 2.63. The van der Waals surface area contributed by atoms with Gasteiger partial charge in [0.1, 0.15) is 0 Å². The zero-order valence-corrected chi connectivity index (χ0v) is 16.9. The number of guanidine groups is 1. The van der Waals surface area contributed by atoms with Gasteiger partial charge in [-0.15, -0.1) is 0 Å². The van der Waals surface area contributed by atoms with Gasteiger partial charge in [-0.2, -0.15) is 11.8 Å². The first kappa shape index (κ1) is 21.5. The molecule has 0 unspecified atom stereocenters. The lowest BCUT2D eigenvalue weighted by atomic mass is 10.1. The summed E-state index contributed by atoms with van der Waals surface area (Å²) in [7, 11) is 3.48. The van der Waals surface area contributed by atoms with Crippen LogP contribution in [0.25, 0.3) is 0 Å². The van der Waals surface area contributed by atoms with Crippen LogP contribution >= 0.6 is 11.8 Å². The van der Waals surface area contributed by atoms with Gasteiger partial charge < -0.3 is 20.1 Å². The Bertz CT molecular complexity index is 509. The number of hydrogen-bond donors (Lipinski definition) is 2. The summed E-state index contributed by atoms with van der Waals surface area (Å²) in [6.45, 7) is 4.48. The Kier molecular flexibility index (Phi) is 11.8. The lowest BCUT2D eigenvalue weighted by Gasteiger charge is -2.13. The molecule has 0 amide bonds. The number of benzene rings is 1. The van der Waals surface area contributed by atoms with Crippen LogP contribution in [0, 0.1) is 0 Å². The molecule has 0 aliphatic rings. The summed E-state index contributed by atoms with van der Waals surface area (Å²) in [6.07, 6.45) is 6.58. The second-order valence-corrected chi connectivity index (χ2v) is 6.63. The number of thioether (sulfide) groups is 1. The maximum absolute atomic E-state index is 5.63. The van der Waals surface area contributed by atoms with Crippen molar-refractivity contribution in [3.8, 4) is 11.5 Å². The minimum Gasteiger partial charge on any atom is -0.493 e. The minimum absolute atomic E-state index is 0.639. The fourth-order valence-electron chi connectivity index (χ4n) is 2.44. The van der Waals surface area contributed by atoms with Crippen LogP contribution in [-0.2, 0) is 6.42 Å². The SMILES string of the molecule is CCOc1cc(CCCNC(=NC)NCCCCSC)ccc1OC. The van der Waals surface area contributed by atoms with Gasteiger partial charge in [0, 0.05) is 20.1 Å². The molecule has 25 heavy (non-hydrogen) atoms. The van der Waals surface area contributed by atoms with Gasteiger partial charge in [-0.05, 0) is 62.3 Å². The topological polar surface area (TPSA) is 54.9 Å². The molecule has 0 aromatic heterocycles. The Balaban J connectivity index is 2.30. The van der Waals surface area contributed by atoms with E-state index < -0.39 is 0 Å². The van der Waals surface area contributed by atoms with E-state index in [1.54, 1.807) is 7.11 Å². The summed E-state index contributed by atoms with van der Waals surface area (Å²) >= 11 is 1.90. The van der Waals surface area contributed by atoms with Crippen LogP contribution in [0.2, 0.25) is 0 Å². The molecular weight excluding hydrogens is 334 g/mol. The van der Waals surface area contributed by atoms with E-state index in [0.29, 0.717) is 6.61 Å². The molecule has 0 saturated carbocycles. The van der Waals surface area contributed by atoms with E-state index in [9.17, 15) is 0 Å². The number of aliphatic imine (C=N–C) groups is 1. The highest BCUT2D eigenvalue weighted by Crippen LogP contribution is 2.28. The van der Waals surface area contributed by atoms with E-state index in [0.717, 1.165) is 43.4 Å². The number of rotatable bonds is 12. The fourth-order valence-corrected chi connectivity index (χ4v) is 2.94. The van der Waals surface area contributed by atoms with Gasteiger partial charge in [-0.1, -0.05) is 6.07 Å². The molecule has 1 aromatic carbocycles. The predicted molar refractivity (Wildman–Crippen MR) is 109 cm³/mol. The number of nitrogens with one attached hydrogen (secondary N) is 2. The molecule has 0 spiro atoms. The summed E-state index contributed by atoms with van der Waals surface area (Å²) in [5.74, 6) is 3.71. The Labute approximate surface area is 157 Å². The first-order valence-electron chi connectivity index (χ1n) is 8.98. The van der Waals surface area contributed by atoms with Gasteiger partial charge in [0.15, 0.2) is 17.5 Å². The molecule has 0 saturated heterocycles. The molecule has 2 N–H and O–H groups in total. The second kappa shape index (κ2) is 13.7. The standard InChI is InChI=1S/C19H33N3O2S/c1-5-24-18-15-16(10-11-17(18)23-3)9-8-13-22-19(20-2)21-12-6-7-14-25-4/h10-11,15H,5-9,12-14H2,1-4H3,(H2,20,21,22). The number of methoxy groups -OCH3 is 1. The lowest BCUT2D eigenvalue weighted by molar-refractivity contribution is 0.310. The highest BCUT2D eigenvalue weighted by atomic mass is 32.2. The molecule has 0 atom stereocenters. The van der Waals surface area contributed by atoms with Crippen LogP contribution < -0.4 is 20.1 Å². The van der Waals surface area contributed by atoms with E-state index in [2.05, 4.69) is 34.0 Å². The lowest BCUT2D eigenvalue weighted by Crippen LogP contribution is -2.38. The summed E-state index contributed by atoms with van der Waals surface area (Å²) in [5.41, 5.74) is 1.26. The van der Waals surface area contributed by atoms with Crippen LogP contribution in [0.4, 0.5) is 0 Å². The highest BCUT2D eigenvalue weighted by molar-refractivity contribution is 7.98. The Morgan fingerprint density at radius 1 is 1.12 bits per heavy atom. The molecule has 1 rings (SSSR count). The zero-order valence-electron chi connectivity index (χ0n) is 16.1. The number of nitrogens with zero attached hydrogens (tertiary/aromatic N) is 1. The molecule has 0 aliphatic carbocycles. The van der Waals surface area contributed by atoms with Gasteiger partial charge in [0.05, 0.1) is 13.7 Å². The van der Waals surface area contributed by atoms with E-state index in [-0.39, 0.29) is 0 Å². The van der Waals surface area contributed by atoms with Crippen molar-refractivity contribution in [2.45, 2.75) is 32.6 Å². The Morgan fingerprint density at radius 3 is 2.52 bits per heavy atom. The Morgan fingerprint density at radius 2 is 1.88 bits per heavy atom. The maximum Gasteiger partial charge on any atom is 0.190 e. The number of unbranched alkanes of at least 4 members (excludes halogenated alkanes) is 1. The largest absolute Gasteiger partial charge is 0.493 e. The third kappa shape index (κ3) is 8.91. The smallest absolute Gasteiger partial charge is 0.190 e. The normalized spacial score (nSPS) is 11.3. The molecule has 0 radical (unpaired) electrons. The van der Waals surface area contributed by atoms with Crippen LogP contribution in [0.1, 0.15) is 31.7 Å². The third-order valence-corrected chi connectivity index (χ3v) is 4.45. The van der Waals surface area contributed by atoms with E-state index in [4.69, 9.17) is 9.47 Å². The van der Waals surface area contributed by atoms with Crippen LogP contribution in [0.5, 0.6) is 11.5 Å². The van der Waals surface area contributed by atoms with Gasteiger partial charge in [-0.25, -0.2) is 0 Å². The predicted octanol–water partition coefficient (Wildman–Crippen LogP) is 3.33. The summed E-state index contributed by atoms with van der Waals surface area (Å²) < 4.78 is 11.0. The minimum atomic E-state index is 0.639. The zero-order chi connectivity index (χ0) is 18.3. The van der Waals surface area contributed by atoms with Crippen molar-refractivity contribution in [1.29, 1.82) is 0 Å². The van der Waals surface area contributed by atoms with Crippen LogP contribution in [0.3, 0.4) is 0 Å². The van der Waals surface area contributed by atoms with Gasteiger partial charge in [-0.3, -0.25) is 4.99 Å². The molecule has 5 nitrogen and oxygen atoms in total. The quantitative estimate of drug-likeness (QED) is 0.337. The first-order valence-corrected chi connectivity index (χ1v) is 10.4. The second-order valence-electron chi connectivity index (χ2n) is 5.65. The van der Waals surface area contributed by atoms with Gasteiger partial charge in [0.25, 0.3) is 0 Å². The number of hydrogen-bond acceptors (Lipinski definition) is 4. The van der Waals surface area contributed by atoms with Crippen molar-refractivity contribution < 1.29 is 9.47 Å². The van der Waals surface area contributed by atoms with Gasteiger partial charge >= 0.3 is 0 Å². The van der Waals surface area contributed by atoms with Crippen molar-refractivity contribution in [2.75, 3.05) is 45.9 Å². The highest BCUT2D eigenvalue weighted by Gasteiger charge is 2.05. The van der Waals surface area contributed by atoms with Crippen molar-refractivity contribution >= 4 is 17.7 Å². The van der Waals surface area contributed by atoms with E-state index >= 15 is 0 Å². The van der Waals surface area contributed by atoms with E-state index in [1.807, 2.05) is 31.8 Å². The number of aryl methyl sites for hydroxylation is 1. The molecule has 6 heteroatoms. The molecular formula is C19H33N3O2S. The first-order chi connectivity index (χ1) is 12.2. The summed E-state index contributed by atoms with van der Waals surface area (Å²) in [4.78, 5) is 4.26. The van der Waals surface area contributed by atoms with Crippen molar-refractivity contribution in [3.63, 3.8) is 0 Å². The Hall–Kier alpha value is -1.56. The molecule has 142 valence electrons. The molecule has 0 fully saturated rings. The van der Waals surface area contributed by atoms with Gasteiger partial charge in [0.2, 0.25) is 0 Å².